The SMILES string of the molecule is CCCCOCCOCCN=C(NCC)NC1CCOc2ccccc21. The number of hydrogen-bond donors (Lipinski definition) is 2. The van der Waals surface area contributed by atoms with Crippen molar-refractivity contribution in [2.75, 3.05) is 46.1 Å². The summed E-state index contributed by atoms with van der Waals surface area (Å²) >= 11 is 0. The lowest BCUT2D eigenvalue weighted by Gasteiger charge is -2.28. The monoisotopic (exact) mass is 363 g/mol. The van der Waals surface area contributed by atoms with Crippen LogP contribution in [0, 0.1) is 0 Å². The molecule has 0 bridgehead atoms. The van der Waals surface area contributed by atoms with Gasteiger partial charge in [0.1, 0.15) is 5.75 Å². The van der Waals surface area contributed by atoms with E-state index < -0.39 is 0 Å². The fraction of sp³-hybridized carbons (Fsp3) is 0.650. The average molecular weight is 364 g/mol. The van der Waals surface area contributed by atoms with Crippen molar-refractivity contribution in [1.29, 1.82) is 0 Å². The first-order valence-electron chi connectivity index (χ1n) is 9.77. The van der Waals surface area contributed by atoms with Crippen LogP contribution in [0.3, 0.4) is 0 Å². The van der Waals surface area contributed by atoms with Crippen LogP contribution in [-0.4, -0.2) is 52.1 Å². The molecule has 1 aliphatic rings. The van der Waals surface area contributed by atoms with E-state index in [0.29, 0.717) is 26.4 Å². The maximum absolute atomic E-state index is 5.72. The summed E-state index contributed by atoms with van der Waals surface area (Å²) in [5, 5.41) is 6.82. The van der Waals surface area contributed by atoms with Gasteiger partial charge in [-0.05, 0) is 19.4 Å². The molecule has 6 nitrogen and oxygen atoms in total. The number of unbranched alkanes of at least 4 members (excludes halogenated alkanes) is 1. The van der Waals surface area contributed by atoms with Crippen molar-refractivity contribution in [1.82, 2.24) is 10.6 Å². The van der Waals surface area contributed by atoms with E-state index in [-0.39, 0.29) is 6.04 Å². The van der Waals surface area contributed by atoms with Gasteiger partial charge in [-0.3, -0.25) is 4.99 Å². The molecule has 0 amide bonds. The van der Waals surface area contributed by atoms with E-state index in [1.165, 1.54) is 5.56 Å². The van der Waals surface area contributed by atoms with E-state index in [9.17, 15) is 0 Å². The van der Waals surface area contributed by atoms with Gasteiger partial charge < -0.3 is 24.8 Å². The second-order valence-electron chi connectivity index (χ2n) is 6.21. The Morgan fingerprint density at radius 1 is 1.15 bits per heavy atom. The second kappa shape index (κ2) is 12.5. The number of nitrogens with zero attached hydrogens (tertiary/aromatic N) is 1. The molecule has 1 aliphatic heterocycles. The summed E-state index contributed by atoms with van der Waals surface area (Å²) in [4.78, 5) is 4.62. The summed E-state index contributed by atoms with van der Waals surface area (Å²) in [6, 6.07) is 8.39. The largest absolute Gasteiger partial charge is 0.493 e. The highest BCUT2D eigenvalue weighted by Crippen LogP contribution is 2.31. The normalized spacial score (nSPS) is 16.7. The predicted molar refractivity (Wildman–Crippen MR) is 105 cm³/mol. The quantitative estimate of drug-likeness (QED) is 0.360. The molecule has 0 radical (unpaired) electrons. The van der Waals surface area contributed by atoms with E-state index in [1.54, 1.807) is 0 Å². The van der Waals surface area contributed by atoms with Crippen LogP contribution in [0.4, 0.5) is 0 Å². The molecule has 0 aromatic heterocycles. The molecule has 1 atom stereocenters. The number of benzene rings is 1. The van der Waals surface area contributed by atoms with Gasteiger partial charge in [-0.25, -0.2) is 0 Å². The van der Waals surface area contributed by atoms with Gasteiger partial charge in [0.15, 0.2) is 5.96 Å². The molecule has 1 heterocycles. The molecule has 26 heavy (non-hydrogen) atoms. The van der Waals surface area contributed by atoms with Gasteiger partial charge in [-0.15, -0.1) is 0 Å². The maximum Gasteiger partial charge on any atom is 0.191 e. The Balaban J connectivity index is 1.73. The molecule has 0 saturated carbocycles. The molecule has 0 spiro atoms. The molecule has 0 fully saturated rings. The third kappa shape index (κ3) is 7.22. The fourth-order valence-electron chi connectivity index (χ4n) is 2.77. The standard InChI is InChI=1S/C20H33N3O3/c1-3-5-12-24-15-16-25-14-11-22-20(21-4-2)23-18-10-13-26-19-9-7-6-8-17(18)19/h6-9,18H,3-5,10-16H2,1-2H3,(H2,21,22,23). The predicted octanol–water partition coefficient (Wildman–Crippen LogP) is 2.90. The average Bonchev–Trinajstić information content (AvgIpc) is 2.67. The Morgan fingerprint density at radius 2 is 1.96 bits per heavy atom. The summed E-state index contributed by atoms with van der Waals surface area (Å²) in [5.74, 6) is 1.77. The number of nitrogens with one attached hydrogen (secondary N) is 2. The molecule has 2 rings (SSSR count). The van der Waals surface area contributed by atoms with E-state index >= 15 is 0 Å². The van der Waals surface area contributed by atoms with Crippen molar-refractivity contribution < 1.29 is 14.2 Å². The first kappa shape index (κ1) is 20.5. The van der Waals surface area contributed by atoms with Gasteiger partial charge in [0.25, 0.3) is 0 Å². The zero-order valence-corrected chi connectivity index (χ0v) is 16.1. The van der Waals surface area contributed by atoms with E-state index in [0.717, 1.165) is 50.7 Å². The van der Waals surface area contributed by atoms with Crippen molar-refractivity contribution >= 4 is 5.96 Å². The van der Waals surface area contributed by atoms with Crippen molar-refractivity contribution in [3.8, 4) is 5.75 Å². The van der Waals surface area contributed by atoms with Gasteiger partial charge in [-0.2, -0.15) is 0 Å². The Labute approximate surface area is 157 Å². The van der Waals surface area contributed by atoms with E-state index in [4.69, 9.17) is 14.2 Å². The molecule has 0 saturated heterocycles. The summed E-state index contributed by atoms with van der Waals surface area (Å²) < 4.78 is 16.8. The first-order chi connectivity index (χ1) is 12.8. The number of ether oxygens (including phenoxy) is 3. The highest BCUT2D eigenvalue weighted by Gasteiger charge is 2.21. The fourth-order valence-corrected chi connectivity index (χ4v) is 2.77. The Bertz CT molecular complexity index is 537. The zero-order valence-electron chi connectivity index (χ0n) is 16.1. The topological polar surface area (TPSA) is 64.1 Å². The van der Waals surface area contributed by atoms with Crippen LogP contribution in [0.1, 0.15) is 44.7 Å². The van der Waals surface area contributed by atoms with Crippen LogP contribution in [0.25, 0.3) is 0 Å². The second-order valence-corrected chi connectivity index (χ2v) is 6.21. The van der Waals surface area contributed by atoms with Crippen LogP contribution < -0.4 is 15.4 Å². The minimum absolute atomic E-state index is 0.214. The van der Waals surface area contributed by atoms with Gasteiger partial charge in [0, 0.05) is 25.1 Å². The first-order valence-corrected chi connectivity index (χ1v) is 9.77. The van der Waals surface area contributed by atoms with Gasteiger partial charge in [0.05, 0.1) is 39.0 Å². The van der Waals surface area contributed by atoms with E-state index in [2.05, 4.69) is 35.5 Å². The zero-order chi connectivity index (χ0) is 18.5. The summed E-state index contributed by atoms with van der Waals surface area (Å²) in [7, 11) is 0. The van der Waals surface area contributed by atoms with Crippen LogP contribution in [0.15, 0.2) is 29.3 Å². The third-order valence-electron chi connectivity index (χ3n) is 4.13. The number of aliphatic imine (C=N–C) groups is 1. The van der Waals surface area contributed by atoms with Gasteiger partial charge >= 0.3 is 0 Å². The number of fused-ring (bicyclic) bond motifs is 1. The Morgan fingerprint density at radius 3 is 2.77 bits per heavy atom. The number of para-hydroxylation sites is 1. The minimum Gasteiger partial charge on any atom is -0.493 e. The highest BCUT2D eigenvalue weighted by molar-refractivity contribution is 5.80. The molecule has 6 heteroatoms. The smallest absolute Gasteiger partial charge is 0.191 e. The maximum atomic E-state index is 5.72. The number of guanidine groups is 1. The van der Waals surface area contributed by atoms with Crippen molar-refractivity contribution in [2.24, 2.45) is 4.99 Å². The van der Waals surface area contributed by atoms with Crippen molar-refractivity contribution in [2.45, 2.75) is 39.2 Å². The molecule has 1 aromatic rings. The van der Waals surface area contributed by atoms with Crippen molar-refractivity contribution in [3.05, 3.63) is 29.8 Å². The summed E-state index contributed by atoms with van der Waals surface area (Å²) in [5.41, 5.74) is 1.19. The lowest BCUT2D eigenvalue weighted by atomic mass is 10.0. The summed E-state index contributed by atoms with van der Waals surface area (Å²) in [6.45, 7) is 9.08. The molecule has 146 valence electrons. The highest BCUT2D eigenvalue weighted by atomic mass is 16.5. The van der Waals surface area contributed by atoms with E-state index in [1.807, 2.05) is 18.2 Å². The lowest BCUT2D eigenvalue weighted by molar-refractivity contribution is 0.0497. The molecule has 2 N–H and O–H groups in total. The number of rotatable bonds is 11. The molecule has 1 aromatic carbocycles. The van der Waals surface area contributed by atoms with Crippen molar-refractivity contribution in [3.63, 3.8) is 0 Å². The Kier molecular flexibility index (Phi) is 9.90. The van der Waals surface area contributed by atoms with Crippen LogP contribution in [0.5, 0.6) is 5.75 Å². The molecular formula is C20H33N3O3. The van der Waals surface area contributed by atoms with Crippen LogP contribution >= 0.6 is 0 Å². The number of hydrogen-bond acceptors (Lipinski definition) is 4. The third-order valence-corrected chi connectivity index (χ3v) is 4.13. The Hall–Kier alpha value is -1.79. The molecular weight excluding hydrogens is 330 g/mol. The molecule has 0 aliphatic carbocycles. The van der Waals surface area contributed by atoms with Crippen LogP contribution in [-0.2, 0) is 9.47 Å². The summed E-state index contributed by atoms with van der Waals surface area (Å²) in [6.07, 6.45) is 3.19. The van der Waals surface area contributed by atoms with Crippen LogP contribution in [0.2, 0.25) is 0 Å². The lowest BCUT2D eigenvalue weighted by Crippen LogP contribution is -2.41. The van der Waals surface area contributed by atoms with Gasteiger partial charge in [-0.1, -0.05) is 31.5 Å². The minimum atomic E-state index is 0.214. The molecule has 1 unspecified atom stereocenters. The van der Waals surface area contributed by atoms with Gasteiger partial charge in [0.2, 0.25) is 0 Å².